The van der Waals surface area contributed by atoms with Crippen LogP contribution in [0.15, 0.2) is 48.5 Å². The number of hydrogen-bond donors (Lipinski definition) is 3. The Morgan fingerprint density at radius 1 is 1.17 bits per heavy atom. The fourth-order valence-corrected chi connectivity index (χ4v) is 3.21. The Labute approximate surface area is 174 Å². The summed E-state index contributed by atoms with van der Waals surface area (Å²) in [5.74, 6) is -1.61. The Morgan fingerprint density at radius 3 is 2.57 bits per heavy atom. The maximum absolute atomic E-state index is 13.5. The first-order chi connectivity index (χ1) is 14.3. The number of rotatable bonds is 9. The number of nitrogens with zero attached hydrogens (tertiary/aromatic N) is 1. The molecule has 3 rings (SSSR count). The summed E-state index contributed by atoms with van der Waals surface area (Å²) in [4.78, 5) is 37.9. The lowest BCUT2D eigenvalue weighted by molar-refractivity contribution is -0.126. The van der Waals surface area contributed by atoms with Crippen molar-refractivity contribution in [2.75, 3.05) is 13.6 Å². The Morgan fingerprint density at radius 2 is 1.90 bits per heavy atom. The zero-order valence-electron chi connectivity index (χ0n) is 16.7. The van der Waals surface area contributed by atoms with E-state index in [4.69, 9.17) is 5.73 Å². The van der Waals surface area contributed by atoms with Gasteiger partial charge in [0, 0.05) is 18.2 Å². The number of nitrogens with two attached hydrogens (primary N) is 1. The second-order valence-electron chi connectivity index (χ2n) is 7.50. The highest BCUT2D eigenvalue weighted by atomic mass is 19.1. The predicted molar refractivity (Wildman–Crippen MR) is 110 cm³/mol. The second-order valence-corrected chi connectivity index (χ2v) is 7.50. The van der Waals surface area contributed by atoms with E-state index in [0.29, 0.717) is 11.1 Å². The van der Waals surface area contributed by atoms with Gasteiger partial charge in [0.2, 0.25) is 11.8 Å². The maximum Gasteiger partial charge on any atom is 0.251 e. The lowest BCUT2D eigenvalue weighted by Gasteiger charge is -2.25. The summed E-state index contributed by atoms with van der Waals surface area (Å²) in [6, 6.07) is 12.0. The molecule has 0 spiro atoms. The molecule has 3 amide bonds. The molecule has 0 aromatic heterocycles. The molecule has 7 nitrogen and oxygen atoms in total. The molecule has 30 heavy (non-hydrogen) atoms. The van der Waals surface area contributed by atoms with E-state index < -0.39 is 17.8 Å². The minimum absolute atomic E-state index is 0.105. The molecular weight excluding hydrogens is 387 g/mol. The van der Waals surface area contributed by atoms with Gasteiger partial charge in [0.1, 0.15) is 11.9 Å². The van der Waals surface area contributed by atoms with Crippen molar-refractivity contribution in [2.45, 2.75) is 31.5 Å². The molecule has 1 saturated carbocycles. The van der Waals surface area contributed by atoms with E-state index >= 15 is 0 Å². The molecule has 0 heterocycles. The number of halogens is 1. The van der Waals surface area contributed by atoms with Crippen LogP contribution in [0.3, 0.4) is 0 Å². The quantitative estimate of drug-likeness (QED) is 0.580. The van der Waals surface area contributed by atoms with Crippen molar-refractivity contribution in [3.8, 4) is 0 Å². The van der Waals surface area contributed by atoms with Gasteiger partial charge >= 0.3 is 0 Å². The lowest BCUT2D eigenvalue weighted by atomic mass is 10.0. The predicted octanol–water partition coefficient (Wildman–Crippen LogP) is 1.49. The van der Waals surface area contributed by atoms with E-state index in [2.05, 4.69) is 10.6 Å². The van der Waals surface area contributed by atoms with E-state index in [1.165, 1.54) is 23.1 Å². The smallest absolute Gasteiger partial charge is 0.251 e. The van der Waals surface area contributed by atoms with Crippen molar-refractivity contribution in [3.63, 3.8) is 0 Å². The molecule has 8 heteroatoms. The van der Waals surface area contributed by atoms with Crippen molar-refractivity contribution < 1.29 is 18.8 Å². The Kier molecular flexibility index (Phi) is 6.79. The van der Waals surface area contributed by atoms with Crippen LogP contribution in [0.5, 0.6) is 0 Å². The van der Waals surface area contributed by atoms with Gasteiger partial charge in [-0.05, 0) is 55.3 Å². The fourth-order valence-electron chi connectivity index (χ4n) is 3.21. The normalized spacial score (nSPS) is 14.2. The topological polar surface area (TPSA) is 105 Å². The van der Waals surface area contributed by atoms with Gasteiger partial charge in [-0.25, -0.2) is 4.39 Å². The molecule has 2 aromatic rings. The largest absolute Gasteiger partial charge is 0.368 e. The van der Waals surface area contributed by atoms with Crippen LogP contribution in [-0.4, -0.2) is 42.3 Å². The van der Waals surface area contributed by atoms with Crippen LogP contribution in [0.25, 0.3) is 0 Å². The van der Waals surface area contributed by atoms with Gasteiger partial charge in [-0.15, -0.1) is 0 Å². The molecular formula is C22H25FN4O3. The van der Waals surface area contributed by atoms with Crippen molar-refractivity contribution in [1.29, 1.82) is 0 Å². The van der Waals surface area contributed by atoms with Crippen LogP contribution in [0.4, 0.5) is 4.39 Å². The molecule has 158 valence electrons. The van der Waals surface area contributed by atoms with Crippen LogP contribution in [0.2, 0.25) is 0 Å². The highest BCUT2D eigenvalue weighted by Gasteiger charge is 2.25. The Bertz CT molecular complexity index is 945. The zero-order valence-corrected chi connectivity index (χ0v) is 16.7. The first kappa shape index (κ1) is 21.4. The van der Waals surface area contributed by atoms with Crippen molar-refractivity contribution in [3.05, 3.63) is 71.0 Å². The van der Waals surface area contributed by atoms with E-state index in [-0.39, 0.29) is 30.9 Å². The minimum Gasteiger partial charge on any atom is -0.368 e. The number of benzene rings is 2. The Hall–Kier alpha value is -3.26. The van der Waals surface area contributed by atoms with Gasteiger partial charge in [-0.2, -0.15) is 0 Å². The Balaban J connectivity index is 1.56. The summed E-state index contributed by atoms with van der Waals surface area (Å²) >= 11 is 0. The molecule has 1 unspecified atom stereocenters. The van der Waals surface area contributed by atoms with Gasteiger partial charge in [0.25, 0.3) is 5.91 Å². The molecule has 0 bridgehead atoms. The molecule has 1 fully saturated rings. The molecule has 2 aromatic carbocycles. The van der Waals surface area contributed by atoms with Gasteiger partial charge in [0.05, 0.1) is 6.54 Å². The summed E-state index contributed by atoms with van der Waals surface area (Å²) in [5.41, 5.74) is 7.18. The van der Waals surface area contributed by atoms with E-state index in [0.717, 1.165) is 18.4 Å². The molecule has 0 radical (unpaired) electrons. The maximum atomic E-state index is 13.5. The van der Waals surface area contributed by atoms with Gasteiger partial charge in [-0.1, -0.05) is 24.3 Å². The molecule has 1 aliphatic rings. The number of carbonyl (C=O) groups is 3. The molecule has 0 aliphatic heterocycles. The molecule has 1 aliphatic carbocycles. The summed E-state index contributed by atoms with van der Waals surface area (Å²) in [6.45, 7) is 0.129. The lowest BCUT2D eigenvalue weighted by Crippen LogP contribution is -2.41. The van der Waals surface area contributed by atoms with Crippen LogP contribution >= 0.6 is 0 Å². The SMILES string of the molecule is CN(CC(=O)NCc1cccc(C(=O)NC2CC2)c1)C(C(N)=O)c1cccc(F)c1. The number of primary amides is 1. The number of hydrogen-bond acceptors (Lipinski definition) is 4. The summed E-state index contributed by atoms with van der Waals surface area (Å²) < 4.78 is 13.5. The summed E-state index contributed by atoms with van der Waals surface area (Å²) in [5, 5.41) is 5.69. The van der Waals surface area contributed by atoms with E-state index in [1.54, 1.807) is 31.3 Å². The van der Waals surface area contributed by atoms with Crippen LogP contribution < -0.4 is 16.4 Å². The van der Waals surface area contributed by atoms with E-state index in [9.17, 15) is 18.8 Å². The van der Waals surface area contributed by atoms with Crippen LogP contribution in [0.1, 0.15) is 40.4 Å². The van der Waals surface area contributed by atoms with Crippen molar-refractivity contribution in [1.82, 2.24) is 15.5 Å². The third-order valence-corrected chi connectivity index (χ3v) is 4.86. The average molecular weight is 412 g/mol. The first-order valence-corrected chi connectivity index (χ1v) is 9.75. The minimum atomic E-state index is -0.930. The van der Waals surface area contributed by atoms with E-state index in [1.807, 2.05) is 6.07 Å². The van der Waals surface area contributed by atoms with Crippen LogP contribution in [-0.2, 0) is 16.1 Å². The van der Waals surface area contributed by atoms with Gasteiger partial charge in [-0.3, -0.25) is 19.3 Å². The van der Waals surface area contributed by atoms with Crippen molar-refractivity contribution >= 4 is 17.7 Å². The standard InChI is InChI=1S/C22H25FN4O3/c1-27(20(21(24)29)15-5-3-7-17(23)11-15)13-19(28)25-12-14-4-2-6-16(10-14)22(30)26-18-8-9-18/h2-7,10-11,18,20H,8-9,12-13H2,1H3,(H2,24,29)(H,25,28)(H,26,30). The second kappa shape index (κ2) is 9.49. The monoisotopic (exact) mass is 412 g/mol. The number of likely N-dealkylation sites (N-methyl/N-ethyl adjacent to an activating group) is 1. The number of amides is 3. The van der Waals surface area contributed by atoms with Crippen molar-refractivity contribution in [2.24, 2.45) is 5.73 Å². The highest BCUT2D eigenvalue weighted by Crippen LogP contribution is 2.20. The van der Waals surface area contributed by atoms with Crippen LogP contribution in [0, 0.1) is 5.82 Å². The summed E-state index contributed by atoms with van der Waals surface area (Å²) in [6.07, 6.45) is 2.02. The van der Waals surface area contributed by atoms with Gasteiger partial charge in [0.15, 0.2) is 0 Å². The van der Waals surface area contributed by atoms with Gasteiger partial charge < -0.3 is 16.4 Å². The third kappa shape index (κ3) is 5.87. The highest BCUT2D eigenvalue weighted by molar-refractivity contribution is 5.94. The number of nitrogens with one attached hydrogen (secondary N) is 2. The summed E-state index contributed by atoms with van der Waals surface area (Å²) in [7, 11) is 1.57. The third-order valence-electron chi connectivity index (χ3n) is 4.86. The molecule has 1 atom stereocenters. The average Bonchev–Trinajstić information content (AvgIpc) is 3.50. The first-order valence-electron chi connectivity index (χ1n) is 9.75. The molecule has 4 N–H and O–H groups in total. The molecule has 0 saturated heterocycles. The number of carbonyl (C=O) groups excluding carboxylic acids is 3. The zero-order chi connectivity index (χ0) is 21.7. The fraction of sp³-hybridized carbons (Fsp3) is 0.318.